The quantitative estimate of drug-likeness (QED) is 0.923. The molecule has 0 heterocycles. The Kier molecular flexibility index (Phi) is 5.40. The minimum absolute atomic E-state index is 0.0205. The van der Waals surface area contributed by atoms with Gasteiger partial charge in [0.2, 0.25) is 0 Å². The average molecular weight is 326 g/mol. The zero-order chi connectivity index (χ0) is 13.7. The summed E-state index contributed by atoms with van der Waals surface area (Å²) in [4.78, 5) is 14.5. The number of benzene rings is 1. The highest BCUT2D eigenvalue weighted by molar-refractivity contribution is 9.10. The lowest BCUT2D eigenvalue weighted by atomic mass is 9.93. The number of aliphatic hydroxyl groups is 1. The predicted molar refractivity (Wildman–Crippen MR) is 79.1 cm³/mol. The van der Waals surface area contributed by atoms with Crippen LogP contribution in [0.1, 0.15) is 42.5 Å². The highest BCUT2D eigenvalue weighted by Crippen LogP contribution is 2.25. The molecule has 0 bridgehead atoms. The van der Waals surface area contributed by atoms with Crippen molar-refractivity contribution in [2.24, 2.45) is 0 Å². The van der Waals surface area contributed by atoms with E-state index in [2.05, 4.69) is 15.9 Å². The molecule has 0 atom stereocenters. The van der Waals surface area contributed by atoms with E-state index in [1.165, 1.54) is 19.3 Å². The van der Waals surface area contributed by atoms with Crippen LogP contribution in [-0.2, 0) is 0 Å². The van der Waals surface area contributed by atoms with Gasteiger partial charge < -0.3 is 10.0 Å². The summed E-state index contributed by atoms with van der Waals surface area (Å²) in [5.74, 6) is 0.0217. The van der Waals surface area contributed by atoms with Crippen molar-refractivity contribution < 1.29 is 9.90 Å². The molecule has 1 aliphatic carbocycles. The second-order valence-corrected chi connectivity index (χ2v) is 5.85. The van der Waals surface area contributed by atoms with E-state index in [1.54, 1.807) is 0 Å². The van der Waals surface area contributed by atoms with Gasteiger partial charge in [-0.05, 0) is 40.9 Å². The van der Waals surface area contributed by atoms with Gasteiger partial charge in [-0.15, -0.1) is 0 Å². The zero-order valence-corrected chi connectivity index (χ0v) is 12.6. The van der Waals surface area contributed by atoms with Crippen molar-refractivity contribution in [3.63, 3.8) is 0 Å². The Hall–Kier alpha value is -0.870. The fraction of sp³-hybridized carbons (Fsp3) is 0.533. The molecule has 1 N–H and O–H groups in total. The monoisotopic (exact) mass is 325 g/mol. The molecule has 19 heavy (non-hydrogen) atoms. The molecule has 0 spiro atoms. The summed E-state index contributed by atoms with van der Waals surface area (Å²) in [6.07, 6.45) is 5.71. The van der Waals surface area contributed by atoms with E-state index in [1.807, 2.05) is 29.2 Å². The average Bonchev–Trinajstić information content (AvgIpc) is 2.45. The highest BCUT2D eigenvalue weighted by atomic mass is 79.9. The van der Waals surface area contributed by atoms with Crippen LogP contribution in [0.3, 0.4) is 0 Å². The molecule has 1 aromatic carbocycles. The number of carbonyl (C=O) groups excluding carboxylic acids is 1. The molecule has 1 amide bonds. The Balaban J connectivity index is 2.18. The first-order valence-corrected chi connectivity index (χ1v) is 7.69. The second-order valence-electron chi connectivity index (χ2n) is 4.99. The van der Waals surface area contributed by atoms with Gasteiger partial charge in [0, 0.05) is 17.1 Å². The van der Waals surface area contributed by atoms with Crippen LogP contribution in [0.15, 0.2) is 28.7 Å². The molecule has 0 aliphatic heterocycles. The summed E-state index contributed by atoms with van der Waals surface area (Å²) in [6, 6.07) is 7.76. The summed E-state index contributed by atoms with van der Waals surface area (Å²) in [5, 5.41) is 9.23. The molecule has 4 heteroatoms. The fourth-order valence-electron chi connectivity index (χ4n) is 2.74. The number of aliphatic hydroxyl groups excluding tert-OH is 1. The minimum atomic E-state index is 0.0205. The first-order chi connectivity index (χ1) is 9.24. The molecule has 1 fully saturated rings. The van der Waals surface area contributed by atoms with Crippen LogP contribution in [0, 0.1) is 0 Å². The maximum atomic E-state index is 12.6. The lowest BCUT2D eigenvalue weighted by molar-refractivity contribution is 0.0584. The Labute approximate surface area is 122 Å². The van der Waals surface area contributed by atoms with Crippen molar-refractivity contribution in [2.75, 3.05) is 13.2 Å². The molecule has 1 saturated carbocycles. The van der Waals surface area contributed by atoms with E-state index < -0.39 is 0 Å². The van der Waals surface area contributed by atoms with Gasteiger partial charge in [-0.2, -0.15) is 0 Å². The van der Waals surface area contributed by atoms with Crippen LogP contribution >= 0.6 is 15.9 Å². The number of halogens is 1. The van der Waals surface area contributed by atoms with E-state index in [4.69, 9.17) is 0 Å². The fourth-order valence-corrected chi connectivity index (χ4v) is 3.19. The van der Waals surface area contributed by atoms with Gasteiger partial charge in [-0.3, -0.25) is 4.79 Å². The van der Waals surface area contributed by atoms with Crippen molar-refractivity contribution in [1.82, 2.24) is 4.90 Å². The summed E-state index contributed by atoms with van der Waals surface area (Å²) in [7, 11) is 0. The Morgan fingerprint density at radius 2 is 1.95 bits per heavy atom. The third kappa shape index (κ3) is 3.57. The molecule has 1 aromatic rings. The van der Waals surface area contributed by atoms with Crippen LogP contribution in [0.2, 0.25) is 0 Å². The number of nitrogens with zero attached hydrogens (tertiary/aromatic N) is 1. The van der Waals surface area contributed by atoms with Crippen molar-refractivity contribution >= 4 is 21.8 Å². The van der Waals surface area contributed by atoms with E-state index in [9.17, 15) is 9.90 Å². The summed E-state index contributed by atoms with van der Waals surface area (Å²) >= 11 is 3.43. The molecule has 0 radical (unpaired) electrons. The lowest BCUT2D eigenvalue weighted by Crippen LogP contribution is -2.43. The smallest absolute Gasteiger partial charge is 0.255 e. The first-order valence-electron chi connectivity index (χ1n) is 6.90. The molecule has 3 nitrogen and oxygen atoms in total. The van der Waals surface area contributed by atoms with Gasteiger partial charge in [0.25, 0.3) is 5.91 Å². The number of amides is 1. The molecule has 0 aromatic heterocycles. The van der Waals surface area contributed by atoms with E-state index in [-0.39, 0.29) is 18.6 Å². The Morgan fingerprint density at radius 3 is 2.58 bits per heavy atom. The Morgan fingerprint density at radius 1 is 1.26 bits per heavy atom. The van der Waals surface area contributed by atoms with Crippen LogP contribution in [0.4, 0.5) is 0 Å². The van der Waals surface area contributed by atoms with Crippen molar-refractivity contribution in [3.05, 3.63) is 34.3 Å². The van der Waals surface area contributed by atoms with Crippen LogP contribution < -0.4 is 0 Å². The molecule has 0 unspecified atom stereocenters. The lowest BCUT2D eigenvalue weighted by Gasteiger charge is -2.34. The summed E-state index contributed by atoms with van der Waals surface area (Å²) in [5.41, 5.74) is 0.682. The number of hydrogen-bond donors (Lipinski definition) is 1. The molecular formula is C15H20BrNO2. The molecule has 104 valence electrons. The first kappa shape index (κ1) is 14.5. The van der Waals surface area contributed by atoms with E-state index >= 15 is 0 Å². The van der Waals surface area contributed by atoms with Crippen molar-refractivity contribution in [3.8, 4) is 0 Å². The van der Waals surface area contributed by atoms with Gasteiger partial charge in [0.15, 0.2) is 0 Å². The topological polar surface area (TPSA) is 40.5 Å². The predicted octanol–water partition coefficient (Wildman–Crippen LogP) is 3.22. The van der Waals surface area contributed by atoms with E-state index in [0.29, 0.717) is 12.1 Å². The maximum Gasteiger partial charge on any atom is 0.255 e. The van der Waals surface area contributed by atoms with Gasteiger partial charge in [-0.25, -0.2) is 0 Å². The van der Waals surface area contributed by atoms with Gasteiger partial charge in [0.1, 0.15) is 0 Å². The van der Waals surface area contributed by atoms with Crippen molar-refractivity contribution in [2.45, 2.75) is 38.1 Å². The summed E-state index contributed by atoms with van der Waals surface area (Å²) < 4.78 is 0.818. The SMILES string of the molecule is O=C(c1ccccc1Br)N(CCO)C1CCCCC1. The molecule has 0 saturated heterocycles. The van der Waals surface area contributed by atoms with Crippen LogP contribution in [0.25, 0.3) is 0 Å². The van der Waals surface area contributed by atoms with Gasteiger partial charge in [0.05, 0.1) is 12.2 Å². The number of hydrogen-bond acceptors (Lipinski definition) is 2. The second kappa shape index (κ2) is 7.06. The minimum Gasteiger partial charge on any atom is -0.395 e. The summed E-state index contributed by atoms with van der Waals surface area (Å²) in [6.45, 7) is 0.442. The van der Waals surface area contributed by atoms with Crippen LogP contribution in [0.5, 0.6) is 0 Å². The normalized spacial score (nSPS) is 16.3. The maximum absolute atomic E-state index is 12.6. The largest absolute Gasteiger partial charge is 0.395 e. The van der Waals surface area contributed by atoms with Gasteiger partial charge >= 0.3 is 0 Å². The molecular weight excluding hydrogens is 306 g/mol. The highest BCUT2D eigenvalue weighted by Gasteiger charge is 2.26. The Bertz CT molecular complexity index is 430. The zero-order valence-electron chi connectivity index (χ0n) is 11.0. The van der Waals surface area contributed by atoms with Gasteiger partial charge in [-0.1, -0.05) is 31.4 Å². The molecule has 2 rings (SSSR count). The standard InChI is InChI=1S/C15H20BrNO2/c16-14-9-5-4-8-13(14)15(19)17(10-11-18)12-6-2-1-3-7-12/h4-5,8-9,12,18H,1-3,6-7,10-11H2. The number of carbonyl (C=O) groups is 1. The third-order valence-electron chi connectivity index (χ3n) is 3.72. The van der Waals surface area contributed by atoms with E-state index in [0.717, 1.165) is 17.3 Å². The molecule has 1 aliphatic rings. The van der Waals surface area contributed by atoms with Crippen LogP contribution in [-0.4, -0.2) is 35.1 Å². The number of rotatable bonds is 4. The van der Waals surface area contributed by atoms with Crippen molar-refractivity contribution in [1.29, 1.82) is 0 Å². The third-order valence-corrected chi connectivity index (χ3v) is 4.41.